The predicted octanol–water partition coefficient (Wildman–Crippen LogP) is 5.41. The summed E-state index contributed by atoms with van der Waals surface area (Å²) in [7, 11) is 0. The van der Waals surface area contributed by atoms with Crippen molar-refractivity contribution in [3.63, 3.8) is 0 Å². The Kier molecular flexibility index (Phi) is 8.26. The Labute approximate surface area is 131 Å². The zero-order valence-electron chi connectivity index (χ0n) is 14.3. The largest absolute Gasteiger partial charge is 0.398 e. The quantitative estimate of drug-likeness (QED) is 0.447. The SMILES string of the molecule is CCCCCCc1cc(N)c(C)c(N)c1CCCCCC. The highest BCUT2D eigenvalue weighted by molar-refractivity contribution is 5.67. The summed E-state index contributed by atoms with van der Waals surface area (Å²) < 4.78 is 0. The maximum absolute atomic E-state index is 6.35. The molecular weight excluding hydrogens is 256 g/mol. The minimum atomic E-state index is 0.857. The van der Waals surface area contributed by atoms with Crippen molar-refractivity contribution in [2.24, 2.45) is 0 Å². The highest BCUT2D eigenvalue weighted by Crippen LogP contribution is 2.29. The third-order valence-corrected chi connectivity index (χ3v) is 4.46. The second kappa shape index (κ2) is 9.70. The molecule has 0 aliphatic heterocycles. The van der Waals surface area contributed by atoms with E-state index in [4.69, 9.17) is 11.5 Å². The molecule has 1 rings (SSSR count). The van der Waals surface area contributed by atoms with Gasteiger partial charge in [0.15, 0.2) is 0 Å². The lowest BCUT2D eigenvalue weighted by Crippen LogP contribution is -2.06. The number of hydrogen-bond donors (Lipinski definition) is 2. The van der Waals surface area contributed by atoms with Crippen LogP contribution in [0.15, 0.2) is 6.07 Å². The van der Waals surface area contributed by atoms with E-state index in [0.29, 0.717) is 0 Å². The molecule has 0 aliphatic carbocycles. The molecule has 1 aromatic rings. The molecule has 0 radical (unpaired) electrons. The van der Waals surface area contributed by atoms with E-state index < -0.39 is 0 Å². The average molecular weight is 290 g/mol. The number of hydrogen-bond acceptors (Lipinski definition) is 2. The van der Waals surface area contributed by atoms with Crippen molar-refractivity contribution >= 4 is 11.4 Å². The Hall–Kier alpha value is -1.18. The first-order chi connectivity index (χ1) is 10.1. The van der Waals surface area contributed by atoms with Crippen LogP contribution >= 0.6 is 0 Å². The third kappa shape index (κ3) is 5.61. The predicted molar refractivity (Wildman–Crippen MR) is 95.7 cm³/mol. The highest BCUT2D eigenvalue weighted by Gasteiger charge is 2.11. The number of rotatable bonds is 10. The topological polar surface area (TPSA) is 52.0 Å². The van der Waals surface area contributed by atoms with E-state index in [2.05, 4.69) is 19.9 Å². The first-order valence-corrected chi connectivity index (χ1v) is 8.78. The highest BCUT2D eigenvalue weighted by atomic mass is 14.6. The summed E-state index contributed by atoms with van der Waals surface area (Å²) >= 11 is 0. The Bertz CT molecular complexity index is 424. The minimum absolute atomic E-state index is 0.857. The molecule has 2 nitrogen and oxygen atoms in total. The van der Waals surface area contributed by atoms with E-state index in [0.717, 1.165) is 29.8 Å². The molecule has 0 bridgehead atoms. The molecule has 0 amide bonds. The molecule has 1 aromatic carbocycles. The molecule has 2 heteroatoms. The van der Waals surface area contributed by atoms with E-state index in [1.165, 1.54) is 62.5 Å². The fourth-order valence-corrected chi connectivity index (χ4v) is 2.93. The summed E-state index contributed by atoms with van der Waals surface area (Å²) in [4.78, 5) is 0. The molecule has 0 saturated heterocycles. The molecule has 0 atom stereocenters. The molecule has 0 fully saturated rings. The molecular formula is C19H34N2. The molecule has 120 valence electrons. The number of nitrogens with two attached hydrogens (primary N) is 2. The normalized spacial score (nSPS) is 11.0. The monoisotopic (exact) mass is 290 g/mol. The third-order valence-electron chi connectivity index (χ3n) is 4.46. The van der Waals surface area contributed by atoms with Gasteiger partial charge in [-0.3, -0.25) is 0 Å². The summed E-state index contributed by atoms with van der Waals surface area (Å²) in [6.07, 6.45) is 12.5. The van der Waals surface area contributed by atoms with Crippen LogP contribution < -0.4 is 11.5 Å². The second-order valence-electron chi connectivity index (χ2n) is 6.26. The van der Waals surface area contributed by atoms with Gasteiger partial charge in [-0.05, 0) is 55.4 Å². The Morgan fingerprint density at radius 1 is 0.810 bits per heavy atom. The number of anilines is 2. The van der Waals surface area contributed by atoms with Crippen LogP contribution in [0, 0.1) is 6.92 Å². The first-order valence-electron chi connectivity index (χ1n) is 8.78. The van der Waals surface area contributed by atoms with Crippen LogP contribution in [0.3, 0.4) is 0 Å². The van der Waals surface area contributed by atoms with Crippen molar-refractivity contribution in [3.05, 3.63) is 22.8 Å². The molecule has 0 aliphatic rings. The minimum Gasteiger partial charge on any atom is -0.398 e. The van der Waals surface area contributed by atoms with E-state index in [-0.39, 0.29) is 0 Å². The number of aryl methyl sites for hydroxylation is 1. The zero-order chi connectivity index (χ0) is 15.7. The molecule has 0 aromatic heterocycles. The van der Waals surface area contributed by atoms with Gasteiger partial charge in [-0.2, -0.15) is 0 Å². The van der Waals surface area contributed by atoms with Gasteiger partial charge in [0.2, 0.25) is 0 Å². The van der Waals surface area contributed by atoms with Gasteiger partial charge in [-0.25, -0.2) is 0 Å². The van der Waals surface area contributed by atoms with Crippen molar-refractivity contribution < 1.29 is 0 Å². The van der Waals surface area contributed by atoms with Gasteiger partial charge < -0.3 is 11.5 Å². The van der Waals surface area contributed by atoms with Gasteiger partial charge in [0.05, 0.1) is 0 Å². The summed E-state index contributed by atoms with van der Waals surface area (Å²) in [5.41, 5.74) is 18.1. The Balaban J connectivity index is 2.77. The first kappa shape index (κ1) is 17.9. The lowest BCUT2D eigenvalue weighted by atomic mass is 9.92. The molecule has 4 N–H and O–H groups in total. The summed E-state index contributed by atoms with van der Waals surface area (Å²) in [6.45, 7) is 6.54. The van der Waals surface area contributed by atoms with Crippen LogP contribution in [0.2, 0.25) is 0 Å². The van der Waals surface area contributed by atoms with Gasteiger partial charge in [0.1, 0.15) is 0 Å². The molecule has 0 saturated carbocycles. The average Bonchev–Trinajstić information content (AvgIpc) is 2.48. The van der Waals surface area contributed by atoms with Gasteiger partial charge >= 0.3 is 0 Å². The van der Waals surface area contributed by atoms with Crippen molar-refractivity contribution in [2.75, 3.05) is 11.5 Å². The van der Waals surface area contributed by atoms with E-state index in [1.54, 1.807) is 0 Å². The maximum atomic E-state index is 6.35. The zero-order valence-corrected chi connectivity index (χ0v) is 14.3. The summed E-state index contributed by atoms with van der Waals surface area (Å²) in [5.74, 6) is 0. The number of unbranched alkanes of at least 4 members (excludes halogenated alkanes) is 6. The van der Waals surface area contributed by atoms with Crippen LogP contribution in [0.4, 0.5) is 11.4 Å². The van der Waals surface area contributed by atoms with Gasteiger partial charge in [0, 0.05) is 11.4 Å². The van der Waals surface area contributed by atoms with E-state index in [1.807, 2.05) is 6.92 Å². The van der Waals surface area contributed by atoms with Crippen LogP contribution in [0.25, 0.3) is 0 Å². The summed E-state index contributed by atoms with van der Waals surface area (Å²) in [5, 5.41) is 0. The van der Waals surface area contributed by atoms with Crippen molar-refractivity contribution in [1.82, 2.24) is 0 Å². The van der Waals surface area contributed by atoms with Gasteiger partial charge in [-0.1, -0.05) is 52.4 Å². The molecule has 0 unspecified atom stereocenters. The van der Waals surface area contributed by atoms with Crippen LogP contribution in [-0.2, 0) is 12.8 Å². The number of nitrogen functional groups attached to an aromatic ring is 2. The van der Waals surface area contributed by atoms with Crippen molar-refractivity contribution in [2.45, 2.75) is 85.0 Å². The number of benzene rings is 1. The smallest absolute Gasteiger partial charge is 0.0399 e. The fourth-order valence-electron chi connectivity index (χ4n) is 2.93. The van der Waals surface area contributed by atoms with E-state index >= 15 is 0 Å². The summed E-state index contributed by atoms with van der Waals surface area (Å²) in [6, 6.07) is 2.17. The maximum Gasteiger partial charge on any atom is 0.0399 e. The molecule has 21 heavy (non-hydrogen) atoms. The van der Waals surface area contributed by atoms with Crippen molar-refractivity contribution in [1.29, 1.82) is 0 Å². The second-order valence-corrected chi connectivity index (χ2v) is 6.26. The van der Waals surface area contributed by atoms with Gasteiger partial charge in [-0.15, -0.1) is 0 Å². The van der Waals surface area contributed by atoms with Crippen molar-refractivity contribution in [3.8, 4) is 0 Å². The molecule has 0 heterocycles. The Morgan fingerprint density at radius 2 is 1.38 bits per heavy atom. The van der Waals surface area contributed by atoms with Gasteiger partial charge in [0.25, 0.3) is 0 Å². The Morgan fingerprint density at radius 3 is 1.95 bits per heavy atom. The lowest BCUT2D eigenvalue weighted by Gasteiger charge is -2.17. The van der Waals surface area contributed by atoms with E-state index in [9.17, 15) is 0 Å². The molecule has 0 spiro atoms. The standard InChI is InChI=1S/C19H34N2/c1-4-6-8-10-12-16-14-18(20)15(3)19(21)17(16)13-11-9-7-5-2/h14H,4-13,20-21H2,1-3H3. The van der Waals surface area contributed by atoms with Crippen LogP contribution in [0.1, 0.15) is 81.9 Å². The van der Waals surface area contributed by atoms with Crippen LogP contribution in [0.5, 0.6) is 0 Å². The van der Waals surface area contributed by atoms with Crippen LogP contribution in [-0.4, -0.2) is 0 Å². The lowest BCUT2D eigenvalue weighted by molar-refractivity contribution is 0.651. The fraction of sp³-hybridized carbons (Fsp3) is 0.684.